The zero-order chi connectivity index (χ0) is 19.2. The molecule has 26 heavy (non-hydrogen) atoms. The van der Waals surface area contributed by atoms with Crippen molar-refractivity contribution in [2.45, 2.75) is 32.6 Å². The van der Waals surface area contributed by atoms with E-state index in [4.69, 9.17) is 4.74 Å². The van der Waals surface area contributed by atoms with Gasteiger partial charge in [0.2, 0.25) is 0 Å². The van der Waals surface area contributed by atoms with Gasteiger partial charge in [0.15, 0.2) is 6.61 Å². The molecule has 0 saturated carbocycles. The summed E-state index contributed by atoms with van der Waals surface area (Å²) in [5.74, 6) is -0.184. The highest BCUT2D eigenvalue weighted by atomic mass is 127. The molecule has 0 bridgehead atoms. The van der Waals surface area contributed by atoms with Crippen LogP contribution in [-0.2, 0) is 10.2 Å². The van der Waals surface area contributed by atoms with Crippen molar-refractivity contribution >= 4 is 34.4 Å². The lowest BCUT2D eigenvalue weighted by atomic mass is 9.82. The summed E-state index contributed by atoms with van der Waals surface area (Å²) in [5.41, 5.74) is 6.58. The second kappa shape index (κ2) is 9.02. The maximum absolute atomic E-state index is 12.0. The van der Waals surface area contributed by atoms with Crippen molar-refractivity contribution in [2.75, 3.05) is 6.61 Å². The molecule has 0 aliphatic carbocycles. The molecule has 2 N–H and O–H groups in total. The monoisotopic (exact) mass is 466 g/mol. The highest BCUT2D eigenvalue weighted by Crippen LogP contribution is 2.27. The van der Waals surface area contributed by atoms with Crippen molar-refractivity contribution in [3.05, 3.63) is 63.2 Å². The van der Waals surface area contributed by atoms with Gasteiger partial charge in [-0.05, 0) is 64.3 Å². The van der Waals surface area contributed by atoms with E-state index >= 15 is 0 Å². The fourth-order valence-electron chi connectivity index (χ4n) is 2.23. The molecule has 0 saturated heterocycles. The molecule has 0 aromatic heterocycles. The lowest BCUT2D eigenvalue weighted by Crippen LogP contribution is -2.44. The Labute approximate surface area is 167 Å². The number of hydrogen-bond donors (Lipinski definition) is 2. The van der Waals surface area contributed by atoms with Gasteiger partial charge in [-0.3, -0.25) is 20.4 Å². The summed E-state index contributed by atoms with van der Waals surface area (Å²) in [7, 11) is 0. The predicted octanol–water partition coefficient (Wildman–Crippen LogP) is 3.82. The second-order valence-corrected chi connectivity index (χ2v) is 7.69. The summed E-state index contributed by atoms with van der Waals surface area (Å²) in [6.07, 6.45) is 1.04. The zero-order valence-electron chi connectivity index (χ0n) is 15.1. The molecule has 6 heteroatoms. The third-order valence-electron chi connectivity index (χ3n) is 4.32. The van der Waals surface area contributed by atoms with Crippen molar-refractivity contribution in [2.24, 2.45) is 0 Å². The number of hydrogen-bond acceptors (Lipinski definition) is 3. The number of nitrogens with one attached hydrogen (secondary N) is 2. The van der Waals surface area contributed by atoms with Gasteiger partial charge in [0, 0.05) is 3.57 Å². The van der Waals surface area contributed by atoms with Crippen LogP contribution >= 0.6 is 22.6 Å². The summed E-state index contributed by atoms with van der Waals surface area (Å²) < 4.78 is 6.27. The number of benzene rings is 2. The maximum Gasteiger partial charge on any atom is 0.276 e. The molecule has 2 amide bonds. The molecular weight excluding hydrogens is 443 g/mol. The Bertz CT molecular complexity index is 773. The maximum atomic E-state index is 12.0. The normalized spacial score (nSPS) is 10.9. The van der Waals surface area contributed by atoms with Crippen LogP contribution in [0.1, 0.15) is 43.1 Å². The van der Waals surface area contributed by atoms with Gasteiger partial charge in [0.05, 0.1) is 5.56 Å². The topological polar surface area (TPSA) is 67.4 Å². The Morgan fingerprint density at radius 3 is 2.31 bits per heavy atom. The summed E-state index contributed by atoms with van der Waals surface area (Å²) >= 11 is 2.07. The average molecular weight is 466 g/mol. The molecule has 0 radical (unpaired) electrons. The molecule has 0 heterocycles. The first kappa shape index (κ1) is 20.2. The van der Waals surface area contributed by atoms with E-state index in [-0.39, 0.29) is 17.9 Å². The minimum atomic E-state index is -0.428. The van der Waals surface area contributed by atoms with Crippen molar-refractivity contribution in [3.63, 3.8) is 0 Å². The van der Waals surface area contributed by atoms with E-state index in [1.165, 1.54) is 5.56 Å². The Morgan fingerprint density at radius 1 is 1.04 bits per heavy atom. The van der Waals surface area contributed by atoms with E-state index in [1.54, 1.807) is 12.1 Å². The number of hydrazine groups is 1. The fourth-order valence-corrected chi connectivity index (χ4v) is 2.86. The van der Waals surface area contributed by atoms with Gasteiger partial charge < -0.3 is 4.74 Å². The first-order chi connectivity index (χ1) is 12.3. The second-order valence-electron chi connectivity index (χ2n) is 6.53. The molecule has 0 unspecified atom stereocenters. The highest BCUT2D eigenvalue weighted by Gasteiger charge is 2.17. The molecule has 2 rings (SSSR count). The van der Waals surface area contributed by atoms with Crippen LogP contribution in [0.4, 0.5) is 0 Å². The van der Waals surface area contributed by atoms with Gasteiger partial charge >= 0.3 is 0 Å². The minimum Gasteiger partial charge on any atom is -0.484 e. The molecule has 2 aromatic carbocycles. The van der Waals surface area contributed by atoms with Gasteiger partial charge in [-0.2, -0.15) is 0 Å². The molecule has 0 atom stereocenters. The number of halogens is 1. The Kier molecular flexibility index (Phi) is 7.02. The first-order valence-electron chi connectivity index (χ1n) is 8.40. The lowest BCUT2D eigenvalue weighted by molar-refractivity contribution is -0.123. The molecule has 0 spiro atoms. The van der Waals surface area contributed by atoms with Crippen LogP contribution in [0.3, 0.4) is 0 Å². The van der Waals surface area contributed by atoms with Crippen molar-refractivity contribution in [3.8, 4) is 5.75 Å². The van der Waals surface area contributed by atoms with Gasteiger partial charge in [0.25, 0.3) is 11.8 Å². The van der Waals surface area contributed by atoms with Crippen LogP contribution in [0.25, 0.3) is 0 Å². The summed E-state index contributed by atoms with van der Waals surface area (Å²) in [6, 6.07) is 14.9. The van der Waals surface area contributed by atoms with Crippen LogP contribution in [0.15, 0.2) is 48.5 Å². The zero-order valence-corrected chi connectivity index (χ0v) is 17.3. The standard InChI is InChI=1S/C20H23IN2O3/c1-4-20(2,3)14-9-11-15(12-10-14)26-13-18(24)22-23-19(25)16-7-5-6-8-17(16)21/h5-12H,4,13H2,1-3H3,(H,22,24)(H,23,25). The van der Waals surface area contributed by atoms with E-state index < -0.39 is 5.91 Å². The Hall–Kier alpha value is -2.09. The first-order valence-corrected chi connectivity index (χ1v) is 9.48. The van der Waals surface area contributed by atoms with Gasteiger partial charge in [-0.1, -0.05) is 45.0 Å². The molecular formula is C20H23IN2O3. The van der Waals surface area contributed by atoms with Crippen LogP contribution in [-0.4, -0.2) is 18.4 Å². The number of ether oxygens (including phenoxy) is 1. The summed E-state index contributed by atoms with van der Waals surface area (Å²) in [6.45, 7) is 6.35. The fraction of sp³-hybridized carbons (Fsp3) is 0.300. The van der Waals surface area contributed by atoms with Gasteiger partial charge in [-0.25, -0.2) is 0 Å². The lowest BCUT2D eigenvalue weighted by Gasteiger charge is -2.23. The van der Waals surface area contributed by atoms with Crippen molar-refractivity contribution in [1.82, 2.24) is 10.9 Å². The molecule has 5 nitrogen and oxygen atoms in total. The molecule has 138 valence electrons. The SMILES string of the molecule is CCC(C)(C)c1ccc(OCC(=O)NNC(=O)c2ccccc2I)cc1. The summed E-state index contributed by atoms with van der Waals surface area (Å²) in [5, 5.41) is 0. The molecule has 2 aromatic rings. The van der Waals surface area contributed by atoms with E-state index in [0.717, 1.165) is 9.99 Å². The van der Waals surface area contributed by atoms with Crippen molar-refractivity contribution in [1.29, 1.82) is 0 Å². The third kappa shape index (κ3) is 5.45. The number of rotatable bonds is 6. The number of carbonyl (C=O) groups is 2. The van der Waals surface area contributed by atoms with Gasteiger partial charge in [0.1, 0.15) is 5.75 Å². The average Bonchev–Trinajstić information content (AvgIpc) is 2.65. The molecule has 0 aliphatic heterocycles. The molecule has 0 aliphatic rings. The van der Waals surface area contributed by atoms with E-state index in [9.17, 15) is 9.59 Å². The third-order valence-corrected chi connectivity index (χ3v) is 5.26. The highest BCUT2D eigenvalue weighted by molar-refractivity contribution is 14.1. The van der Waals surface area contributed by atoms with Crippen molar-refractivity contribution < 1.29 is 14.3 Å². The van der Waals surface area contributed by atoms with E-state index in [0.29, 0.717) is 11.3 Å². The smallest absolute Gasteiger partial charge is 0.276 e. The van der Waals surface area contributed by atoms with Crippen LogP contribution in [0.2, 0.25) is 0 Å². The van der Waals surface area contributed by atoms with E-state index in [2.05, 4.69) is 54.2 Å². The Morgan fingerprint density at radius 2 is 1.69 bits per heavy atom. The largest absolute Gasteiger partial charge is 0.484 e. The van der Waals surface area contributed by atoms with Gasteiger partial charge in [-0.15, -0.1) is 0 Å². The predicted molar refractivity (Wildman–Crippen MR) is 110 cm³/mol. The quantitative estimate of drug-likeness (QED) is 0.503. The van der Waals surface area contributed by atoms with Crippen LogP contribution in [0.5, 0.6) is 5.75 Å². The number of carbonyl (C=O) groups excluding carboxylic acids is 2. The van der Waals surface area contributed by atoms with Crippen LogP contribution in [0, 0.1) is 3.57 Å². The van der Waals surface area contributed by atoms with E-state index in [1.807, 2.05) is 36.4 Å². The molecule has 0 fully saturated rings. The van der Waals surface area contributed by atoms with Crippen LogP contribution < -0.4 is 15.6 Å². The minimum absolute atomic E-state index is 0.106. The number of amides is 2. The summed E-state index contributed by atoms with van der Waals surface area (Å²) in [4.78, 5) is 23.9. The Balaban J connectivity index is 1.82.